The van der Waals surface area contributed by atoms with Gasteiger partial charge in [0.1, 0.15) is 5.75 Å². The van der Waals surface area contributed by atoms with Gasteiger partial charge in [0.2, 0.25) is 0 Å². The zero-order chi connectivity index (χ0) is 10.2. The third-order valence-corrected chi connectivity index (χ3v) is 2.49. The van der Waals surface area contributed by atoms with Gasteiger partial charge >= 0.3 is 0 Å². The molecule has 0 bridgehead atoms. The van der Waals surface area contributed by atoms with Gasteiger partial charge in [-0.1, -0.05) is 0 Å². The second-order valence-corrected chi connectivity index (χ2v) is 3.39. The summed E-state index contributed by atoms with van der Waals surface area (Å²) < 4.78 is 0. The van der Waals surface area contributed by atoms with Gasteiger partial charge in [0, 0.05) is 0 Å². The summed E-state index contributed by atoms with van der Waals surface area (Å²) in [7, 11) is 0. The summed E-state index contributed by atoms with van der Waals surface area (Å²) >= 11 is 0. The number of ketones is 1. The molecule has 1 N–H and O–H groups in total. The van der Waals surface area contributed by atoms with Gasteiger partial charge in [-0.25, -0.2) is 0 Å². The van der Waals surface area contributed by atoms with Crippen LogP contribution in [0.1, 0.15) is 34.0 Å². The van der Waals surface area contributed by atoms with Crippen LogP contribution in [-0.2, 0) is 0 Å². The van der Waals surface area contributed by atoms with E-state index < -0.39 is 0 Å². The number of rotatable bonds is 1. The Morgan fingerprint density at radius 2 is 1.77 bits per heavy atom. The van der Waals surface area contributed by atoms with Gasteiger partial charge in [-0.05, 0) is 50.5 Å². The van der Waals surface area contributed by atoms with Gasteiger partial charge in [-0.3, -0.25) is 4.79 Å². The fourth-order valence-electron chi connectivity index (χ4n) is 1.51. The van der Waals surface area contributed by atoms with Crippen LogP contribution in [0, 0.1) is 20.8 Å². The highest BCUT2D eigenvalue weighted by molar-refractivity contribution is 5.98. The number of aryl methyl sites for hydroxylation is 1. The number of benzene rings is 1. The van der Waals surface area contributed by atoms with E-state index in [9.17, 15) is 9.90 Å². The Hall–Kier alpha value is -1.31. The molecule has 0 unspecified atom stereocenters. The Balaban J connectivity index is 3.53. The molecule has 0 saturated heterocycles. The zero-order valence-electron chi connectivity index (χ0n) is 8.43. The zero-order valence-corrected chi connectivity index (χ0v) is 8.43. The lowest BCUT2D eigenvalue weighted by molar-refractivity contribution is 0.101. The first-order chi connectivity index (χ1) is 5.95. The Morgan fingerprint density at radius 1 is 1.23 bits per heavy atom. The summed E-state index contributed by atoms with van der Waals surface area (Å²) in [5.41, 5.74) is 3.41. The third kappa shape index (κ3) is 1.57. The Kier molecular flexibility index (Phi) is 2.41. The standard InChI is InChI=1S/C11H14O2/c1-6-5-10(13)11(9(4)12)8(3)7(6)2/h5,13H,1-4H3. The highest BCUT2D eigenvalue weighted by atomic mass is 16.3. The van der Waals surface area contributed by atoms with E-state index in [0.717, 1.165) is 16.7 Å². The molecule has 0 radical (unpaired) electrons. The number of hydrogen-bond donors (Lipinski definition) is 1. The molecular weight excluding hydrogens is 164 g/mol. The van der Waals surface area contributed by atoms with Gasteiger partial charge < -0.3 is 5.11 Å². The predicted octanol–water partition coefficient (Wildman–Crippen LogP) is 2.52. The van der Waals surface area contributed by atoms with E-state index in [1.165, 1.54) is 6.92 Å². The molecule has 13 heavy (non-hydrogen) atoms. The molecule has 0 aliphatic carbocycles. The fourth-order valence-corrected chi connectivity index (χ4v) is 1.51. The molecule has 0 aromatic heterocycles. The smallest absolute Gasteiger partial charge is 0.163 e. The van der Waals surface area contributed by atoms with Gasteiger partial charge in [0.05, 0.1) is 5.56 Å². The summed E-state index contributed by atoms with van der Waals surface area (Å²) in [4.78, 5) is 11.2. The average Bonchev–Trinajstić information content (AvgIpc) is 1.99. The van der Waals surface area contributed by atoms with Crippen LogP contribution >= 0.6 is 0 Å². The third-order valence-electron chi connectivity index (χ3n) is 2.49. The predicted molar refractivity (Wildman–Crippen MR) is 52.3 cm³/mol. The molecule has 1 aromatic rings. The van der Waals surface area contributed by atoms with Gasteiger partial charge in [0.15, 0.2) is 5.78 Å². The van der Waals surface area contributed by atoms with Crippen molar-refractivity contribution in [2.75, 3.05) is 0 Å². The fraction of sp³-hybridized carbons (Fsp3) is 0.364. The number of carbonyl (C=O) groups is 1. The first-order valence-corrected chi connectivity index (χ1v) is 4.26. The van der Waals surface area contributed by atoms with E-state index in [-0.39, 0.29) is 11.5 Å². The van der Waals surface area contributed by atoms with E-state index in [4.69, 9.17) is 0 Å². The lowest BCUT2D eigenvalue weighted by atomic mass is 9.96. The van der Waals surface area contributed by atoms with Crippen molar-refractivity contribution in [1.82, 2.24) is 0 Å². The number of hydrogen-bond acceptors (Lipinski definition) is 2. The quantitative estimate of drug-likeness (QED) is 0.671. The highest BCUT2D eigenvalue weighted by Crippen LogP contribution is 2.26. The molecule has 70 valence electrons. The number of phenols is 1. The summed E-state index contributed by atoms with van der Waals surface area (Å²) in [6.07, 6.45) is 0. The second-order valence-electron chi connectivity index (χ2n) is 3.39. The first-order valence-electron chi connectivity index (χ1n) is 4.26. The van der Waals surface area contributed by atoms with Crippen molar-refractivity contribution in [3.05, 3.63) is 28.3 Å². The average molecular weight is 178 g/mol. The molecule has 0 fully saturated rings. The number of Topliss-reactive ketones (excluding diaryl/α,β-unsaturated/α-hetero) is 1. The SMILES string of the molecule is CC(=O)c1c(O)cc(C)c(C)c1C. The van der Waals surface area contributed by atoms with Gasteiger partial charge in [0.25, 0.3) is 0 Å². The molecule has 0 saturated carbocycles. The summed E-state index contributed by atoms with van der Waals surface area (Å²) in [5, 5.41) is 9.55. The van der Waals surface area contributed by atoms with Crippen LogP contribution in [0.5, 0.6) is 5.75 Å². The Bertz CT molecular complexity index is 365. The molecule has 0 amide bonds. The molecule has 0 heterocycles. The van der Waals surface area contributed by atoms with Gasteiger partial charge in [-0.2, -0.15) is 0 Å². The van der Waals surface area contributed by atoms with Crippen LogP contribution in [-0.4, -0.2) is 10.9 Å². The topological polar surface area (TPSA) is 37.3 Å². The normalized spacial score (nSPS) is 10.2. The second kappa shape index (κ2) is 3.21. The lowest BCUT2D eigenvalue weighted by Crippen LogP contribution is -2.00. The van der Waals surface area contributed by atoms with E-state index in [1.807, 2.05) is 20.8 Å². The molecule has 0 atom stereocenters. The molecule has 0 spiro atoms. The molecule has 2 heteroatoms. The van der Waals surface area contributed by atoms with E-state index in [1.54, 1.807) is 6.07 Å². The molecule has 1 aromatic carbocycles. The monoisotopic (exact) mass is 178 g/mol. The van der Waals surface area contributed by atoms with Crippen LogP contribution < -0.4 is 0 Å². The van der Waals surface area contributed by atoms with Crippen molar-refractivity contribution in [1.29, 1.82) is 0 Å². The first kappa shape index (κ1) is 9.78. The largest absolute Gasteiger partial charge is 0.507 e. The number of aromatic hydroxyl groups is 1. The summed E-state index contributed by atoms with van der Waals surface area (Å²) in [5.74, 6) is 0.00574. The van der Waals surface area contributed by atoms with Crippen molar-refractivity contribution >= 4 is 5.78 Å². The number of carbonyl (C=O) groups excluding carboxylic acids is 1. The molecule has 0 aliphatic rings. The molecule has 2 nitrogen and oxygen atoms in total. The van der Waals surface area contributed by atoms with Crippen molar-refractivity contribution in [3.8, 4) is 5.75 Å². The summed E-state index contributed by atoms with van der Waals surface area (Å²) in [6, 6.07) is 1.64. The minimum absolute atomic E-state index is 0.0851. The van der Waals surface area contributed by atoms with Crippen LogP contribution in [0.4, 0.5) is 0 Å². The highest BCUT2D eigenvalue weighted by Gasteiger charge is 2.13. The minimum Gasteiger partial charge on any atom is -0.507 e. The van der Waals surface area contributed by atoms with E-state index in [0.29, 0.717) is 5.56 Å². The maximum absolute atomic E-state index is 11.2. The van der Waals surface area contributed by atoms with Crippen molar-refractivity contribution < 1.29 is 9.90 Å². The molecular formula is C11H14O2. The van der Waals surface area contributed by atoms with Crippen LogP contribution in [0.25, 0.3) is 0 Å². The van der Waals surface area contributed by atoms with E-state index >= 15 is 0 Å². The van der Waals surface area contributed by atoms with E-state index in [2.05, 4.69) is 0 Å². The number of phenolic OH excluding ortho intramolecular Hbond substituents is 1. The van der Waals surface area contributed by atoms with Crippen LogP contribution in [0.15, 0.2) is 6.07 Å². The summed E-state index contributed by atoms with van der Waals surface area (Å²) in [6.45, 7) is 7.21. The van der Waals surface area contributed by atoms with Crippen LogP contribution in [0.3, 0.4) is 0 Å². The van der Waals surface area contributed by atoms with Gasteiger partial charge in [-0.15, -0.1) is 0 Å². The molecule has 0 aliphatic heterocycles. The van der Waals surface area contributed by atoms with Crippen molar-refractivity contribution in [2.24, 2.45) is 0 Å². The molecule has 1 rings (SSSR count). The lowest BCUT2D eigenvalue weighted by Gasteiger charge is -2.10. The minimum atomic E-state index is -0.0851. The maximum atomic E-state index is 11.2. The van der Waals surface area contributed by atoms with Crippen molar-refractivity contribution in [2.45, 2.75) is 27.7 Å². The van der Waals surface area contributed by atoms with Crippen molar-refractivity contribution in [3.63, 3.8) is 0 Å². The Morgan fingerprint density at radius 3 is 2.23 bits per heavy atom. The van der Waals surface area contributed by atoms with Crippen LogP contribution in [0.2, 0.25) is 0 Å². The Labute approximate surface area is 78.2 Å². The maximum Gasteiger partial charge on any atom is 0.163 e.